The van der Waals surface area contributed by atoms with Crippen LogP contribution in [-0.4, -0.2) is 14.3 Å². The molecule has 6 heteroatoms. The second kappa shape index (κ2) is 7.80. The first-order chi connectivity index (χ1) is 11.7. The summed E-state index contributed by atoms with van der Waals surface area (Å²) < 4.78 is 22.5. The number of carbonyl (C=O) groups is 1. The lowest BCUT2D eigenvalue weighted by Crippen LogP contribution is -2.19. The van der Waals surface area contributed by atoms with E-state index in [2.05, 4.69) is 31.3 Å². The minimum atomic E-state index is -3.73. The van der Waals surface area contributed by atoms with Crippen LogP contribution in [0.2, 0.25) is 0 Å². The molecule has 0 radical (unpaired) electrons. The van der Waals surface area contributed by atoms with Gasteiger partial charge in [0.2, 0.25) is 15.9 Å². The van der Waals surface area contributed by atoms with Crippen LogP contribution < -0.4 is 10.5 Å². The summed E-state index contributed by atoms with van der Waals surface area (Å²) in [6, 6.07) is 13.9. The first kappa shape index (κ1) is 19.1. The van der Waals surface area contributed by atoms with Crippen LogP contribution in [0.1, 0.15) is 37.8 Å². The molecule has 0 aliphatic rings. The van der Waals surface area contributed by atoms with Gasteiger partial charge in [-0.2, -0.15) is 0 Å². The lowest BCUT2D eigenvalue weighted by molar-refractivity contribution is -0.117. The maximum Gasteiger partial charge on any atom is 0.238 e. The highest BCUT2D eigenvalue weighted by Gasteiger charge is 2.16. The lowest BCUT2D eigenvalue weighted by atomic mass is 9.96. The third-order valence-corrected chi connectivity index (χ3v) is 4.90. The van der Waals surface area contributed by atoms with Gasteiger partial charge in [-0.25, -0.2) is 13.6 Å². The van der Waals surface area contributed by atoms with Gasteiger partial charge in [0, 0.05) is 5.69 Å². The maximum absolute atomic E-state index is 12.4. The molecule has 25 heavy (non-hydrogen) atoms. The number of anilines is 1. The predicted molar refractivity (Wildman–Crippen MR) is 99.8 cm³/mol. The standard InChI is InChI=1S/C19H24N2O3S/c1-13(2)12-15-4-6-16(7-5-15)14(3)19(22)21-17-8-10-18(11-9-17)25(20,23)24/h4-11,13-14H,12H2,1-3H3,(H,21,22)(H2,20,23,24). The van der Waals surface area contributed by atoms with Gasteiger partial charge in [0.05, 0.1) is 10.8 Å². The number of primary sulfonamides is 1. The fraction of sp³-hybridized carbons (Fsp3) is 0.316. The van der Waals surface area contributed by atoms with E-state index >= 15 is 0 Å². The number of sulfonamides is 1. The van der Waals surface area contributed by atoms with Crippen molar-refractivity contribution in [1.82, 2.24) is 0 Å². The Kier molecular flexibility index (Phi) is 5.98. The van der Waals surface area contributed by atoms with E-state index in [9.17, 15) is 13.2 Å². The first-order valence-electron chi connectivity index (χ1n) is 8.19. The highest BCUT2D eigenvalue weighted by molar-refractivity contribution is 7.89. The lowest BCUT2D eigenvalue weighted by Gasteiger charge is -2.14. The number of nitrogens with two attached hydrogens (primary N) is 1. The first-order valence-corrected chi connectivity index (χ1v) is 9.74. The van der Waals surface area contributed by atoms with Crippen LogP contribution in [0.4, 0.5) is 5.69 Å². The zero-order chi connectivity index (χ0) is 18.6. The molecule has 1 amide bonds. The molecule has 0 spiro atoms. The minimum absolute atomic E-state index is 0.0132. The third-order valence-electron chi connectivity index (χ3n) is 3.97. The number of nitrogens with one attached hydrogen (secondary N) is 1. The molecule has 0 aliphatic carbocycles. The Balaban J connectivity index is 2.04. The highest BCUT2D eigenvalue weighted by atomic mass is 32.2. The second-order valence-corrected chi connectivity index (χ2v) is 8.18. The highest BCUT2D eigenvalue weighted by Crippen LogP contribution is 2.20. The number of amides is 1. The van der Waals surface area contributed by atoms with Crippen molar-refractivity contribution < 1.29 is 13.2 Å². The molecule has 5 nitrogen and oxygen atoms in total. The Labute approximate surface area is 149 Å². The van der Waals surface area contributed by atoms with E-state index < -0.39 is 10.0 Å². The largest absolute Gasteiger partial charge is 0.326 e. The van der Waals surface area contributed by atoms with Gasteiger partial charge in [0.1, 0.15) is 0 Å². The van der Waals surface area contributed by atoms with Gasteiger partial charge in [0.25, 0.3) is 0 Å². The molecule has 1 atom stereocenters. The molecule has 134 valence electrons. The molecule has 2 aromatic rings. The van der Waals surface area contributed by atoms with Gasteiger partial charge in [-0.1, -0.05) is 38.1 Å². The predicted octanol–water partition coefficient (Wildman–Crippen LogP) is 3.27. The van der Waals surface area contributed by atoms with E-state index in [1.807, 2.05) is 19.1 Å². The Bertz CT molecular complexity index is 826. The topological polar surface area (TPSA) is 89.3 Å². The van der Waals surface area contributed by atoms with Gasteiger partial charge in [-0.15, -0.1) is 0 Å². The molecule has 3 N–H and O–H groups in total. The average Bonchev–Trinajstić information content (AvgIpc) is 2.54. The molecule has 0 aromatic heterocycles. The molecule has 0 saturated heterocycles. The maximum atomic E-state index is 12.4. The van der Waals surface area contributed by atoms with Crippen LogP contribution in [0.15, 0.2) is 53.4 Å². The second-order valence-electron chi connectivity index (χ2n) is 6.62. The van der Waals surface area contributed by atoms with Crippen LogP contribution in [0, 0.1) is 5.92 Å². The number of hydrogen-bond donors (Lipinski definition) is 2. The van der Waals surface area contributed by atoms with E-state index in [0.29, 0.717) is 11.6 Å². The van der Waals surface area contributed by atoms with Crippen LogP contribution in [-0.2, 0) is 21.2 Å². The molecule has 2 rings (SSSR count). The zero-order valence-electron chi connectivity index (χ0n) is 14.7. The Hall–Kier alpha value is -2.18. The van der Waals surface area contributed by atoms with Crippen LogP contribution in [0.25, 0.3) is 0 Å². The molecule has 0 fully saturated rings. The molecule has 1 unspecified atom stereocenters. The number of benzene rings is 2. The fourth-order valence-electron chi connectivity index (χ4n) is 2.54. The molecule has 0 aliphatic heterocycles. The van der Waals surface area contributed by atoms with Crippen molar-refractivity contribution >= 4 is 21.6 Å². The van der Waals surface area contributed by atoms with Crippen molar-refractivity contribution in [2.24, 2.45) is 11.1 Å². The fourth-order valence-corrected chi connectivity index (χ4v) is 3.06. The molecule has 0 bridgehead atoms. The van der Waals surface area contributed by atoms with Gasteiger partial charge in [-0.3, -0.25) is 4.79 Å². The SMILES string of the molecule is CC(C)Cc1ccc(C(C)C(=O)Nc2ccc(S(N)(=O)=O)cc2)cc1. The van der Waals surface area contributed by atoms with Crippen molar-refractivity contribution in [2.75, 3.05) is 5.32 Å². The Morgan fingerprint density at radius 3 is 2.04 bits per heavy atom. The van der Waals surface area contributed by atoms with Gasteiger partial charge >= 0.3 is 0 Å². The molecule has 0 saturated carbocycles. The van der Waals surface area contributed by atoms with Crippen molar-refractivity contribution in [1.29, 1.82) is 0 Å². The molecular weight excluding hydrogens is 336 g/mol. The summed E-state index contributed by atoms with van der Waals surface area (Å²) in [6.45, 7) is 6.18. The van der Waals surface area contributed by atoms with E-state index in [-0.39, 0.29) is 16.7 Å². The quantitative estimate of drug-likeness (QED) is 0.828. The summed E-state index contributed by atoms with van der Waals surface area (Å²) in [5.41, 5.74) is 2.72. The van der Waals surface area contributed by atoms with E-state index in [1.54, 1.807) is 0 Å². The minimum Gasteiger partial charge on any atom is -0.326 e. The number of carbonyl (C=O) groups excluding carboxylic acids is 1. The summed E-state index contributed by atoms with van der Waals surface area (Å²) in [6.07, 6.45) is 1.01. The summed E-state index contributed by atoms with van der Waals surface area (Å²) >= 11 is 0. The van der Waals surface area contributed by atoms with Crippen molar-refractivity contribution in [3.8, 4) is 0 Å². The van der Waals surface area contributed by atoms with Crippen LogP contribution in [0.5, 0.6) is 0 Å². The average molecular weight is 360 g/mol. The smallest absolute Gasteiger partial charge is 0.238 e. The monoisotopic (exact) mass is 360 g/mol. The number of rotatable bonds is 6. The van der Waals surface area contributed by atoms with Crippen LogP contribution in [0.3, 0.4) is 0 Å². The molecule has 2 aromatic carbocycles. The molecule has 0 heterocycles. The van der Waals surface area contributed by atoms with Crippen molar-refractivity contribution in [3.63, 3.8) is 0 Å². The van der Waals surface area contributed by atoms with E-state index in [1.165, 1.54) is 29.8 Å². The van der Waals surface area contributed by atoms with Gasteiger partial charge < -0.3 is 5.32 Å². The van der Waals surface area contributed by atoms with Crippen LogP contribution >= 0.6 is 0 Å². The van der Waals surface area contributed by atoms with Gasteiger partial charge in [-0.05, 0) is 54.7 Å². The molecular formula is C19H24N2O3S. The Morgan fingerprint density at radius 2 is 1.56 bits per heavy atom. The van der Waals surface area contributed by atoms with E-state index in [0.717, 1.165) is 12.0 Å². The van der Waals surface area contributed by atoms with Gasteiger partial charge in [0.15, 0.2) is 0 Å². The zero-order valence-corrected chi connectivity index (χ0v) is 15.5. The summed E-state index contributed by atoms with van der Waals surface area (Å²) in [4.78, 5) is 12.4. The van der Waals surface area contributed by atoms with Crippen molar-refractivity contribution in [3.05, 3.63) is 59.7 Å². The number of hydrogen-bond acceptors (Lipinski definition) is 3. The normalized spacial score (nSPS) is 12.8. The summed E-state index contributed by atoms with van der Waals surface area (Å²) in [5.74, 6) is 0.123. The summed E-state index contributed by atoms with van der Waals surface area (Å²) in [7, 11) is -3.73. The third kappa shape index (κ3) is 5.41. The summed E-state index contributed by atoms with van der Waals surface area (Å²) in [5, 5.41) is 7.85. The van der Waals surface area contributed by atoms with E-state index in [4.69, 9.17) is 5.14 Å². The van der Waals surface area contributed by atoms with Crippen molar-refractivity contribution in [2.45, 2.75) is 38.0 Å². The Morgan fingerprint density at radius 1 is 1.00 bits per heavy atom.